The van der Waals surface area contributed by atoms with Crippen molar-refractivity contribution in [3.05, 3.63) is 65.0 Å². The van der Waals surface area contributed by atoms with Crippen molar-refractivity contribution in [2.24, 2.45) is 0 Å². The molecular formula is C33H38N4O11. The van der Waals surface area contributed by atoms with Gasteiger partial charge in [-0.15, -0.1) is 0 Å². The van der Waals surface area contributed by atoms with Crippen molar-refractivity contribution in [2.45, 2.75) is 78.4 Å². The number of morpholine rings is 1. The number of carboxylic acids is 1. The maximum absolute atomic E-state index is 13.6. The first kappa shape index (κ1) is 37.0. The van der Waals surface area contributed by atoms with E-state index in [1.807, 2.05) is 0 Å². The fourth-order valence-electron chi connectivity index (χ4n) is 4.42. The third kappa shape index (κ3) is 10.0. The normalized spacial score (nSPS) is 15.4. The zero-order valence-electron chi connectivity index (χ0n) is 27.7. The summed E-state index contributed by atoms with van der Waals surface area (Å²) in [7, 11) is 0. The number of nitrogens with one attached hydrogen (secondary N) is 1. The summed E-state index contributed by atoms with van der Waals surface area (Å²) in [5, 5.41) is 11.7. The molecule has 2 aromatic carbocycles. The van der Waals surface area contributed by atoms with Crippen molar-refractivity contribution in [1.29, 1.82) is 0 Å². The number of carbonyl (C=O) groups excluding carboxylic acids is 5. The molecule has 1 fully saturated rings. The van der Waals surface area contributed by atoms with Crippen molar-refractivity contribution < 1.29 is 52.8 Å². The summed E-state index contributed by atoms with van der Waals surface area (Å²) in [6.07, 6.45) is -5.35. The Morgan fingerprint density at radius 1 is 1.02 bits per heavy atom. The maximum Gasteiger partial charge on any atom is 0.420 e. The molecule has 3 rings (SSSR count). The molecule has 256 valence electrons. The SMILES string of the molecule is [C-]#[N+]c1ccc(NC(=O)[C@H](OC(C)=O)[C@H]2OCCN(c3ccc(C(=O)O)cc3)C2=O)cc1CN(C(=O)OC(C)(C)C)C(=O)OC(C)(C)C. The fraction of sp³-hybridized carbons (Fsp3) is 0.424. The van der Waals surface area contributed by atoms with Crippen molar-refractivity contribution in [2.75, 3.05) is 23.4 Å². The van der Waals surface area contributed by atoms with E-state index in [9.17, 15) is 33.9 Å². The number of nitrogens with zero attached hydrogens (tertiary/aromatic N) is 3. The molecule has 1 aliphatic rings. The highest BCUT2D eigenvalue weighted by atomic mass is 16.6. The quantitative estimate of drug-likeness (QED) is 0.222. The van der Waals surface area contributed by atoms with Crippen LogP contribution in [-0.4, -0.2) is 82.5 Å². The van der Waals surface area contributed by atoms with Gasteiger partial charge in [-0.05, 0) is 83.5 Å². The Balaban J connectivity index is 1.90. The van der Waals surface area contributed by atoms with E-state index in [1.165, 1.54) is 47.4 Å². The lowest BCUT2D eigenvalue weighted by Crippen LogP contribution is -2.56. The minimum absolute atomic E-state index is 0.0112. The van der Waals surface area contributed by atoms with Crippen LogP contribution in [0.15, 0.2) is 42.5 Å². The van der Waals surface area contributed by atoms with E-state index in [-0.39, 0.29) is 35.7 Å². The summed E-state index contributed by atoms with van der Waals surface area (Å²) in [6, 6.07) is 9.59. The van der Waals surface area contributed by atoms with E-state index in [2.05, 4.69) is 10.2 Å². The largest absolute Gasteiger partial charge is 0.478 e. The Morgan fingerprint density at radius 2 is 1.60 bits per heavy atom. The van der Waals surface area contributed by atoms with Crippen LogP contribution in [-0.2, 0) is 39.9 Å². The summed E-state index contributed by atoms with van der Waals surface area (Å²) in [6.45, 7) is 18.0. The third-order valence-electron chi connectivity index (χ3n) is 6.40. The molecule has 1 saturated heterocycles. The highest BCUT2D eigenvalue weighted by Gasteiger charge is 2.43. The molecule has 0 bridgehead atoms. The highest BCUT2D eigenvalue weighted by molar-refractivity contribution is 6.05. The van der Waals surface area contributed by atoms with Gasteiger partial charge in [0.1, 0.15) is 11.2 Å². The average Bonchev–Trinajstić information content (AvgIpc) is 2.97. The first-order chi connectivity index (χ1) is 22.3. The second kappa shape index (κ2) is 14.9. The molecule has 0 spiro atoms. The number of hydrogen-bond donors (Lipinski definition) is 2. The van der Waals surface area contributed by atoms with E-state index in [0.29, 0.717) is 10.6 Å². The van der Waals surface area contributed by atoms with Gasteiger partial charge in [0.2, 0.25) is 6.10 Å². The summed E-state index contributed by atoms with van der Waals surface area (Å²) in [5.41, 5.74) is -1.29. The van der Waals surface area contributed by atoms with Crippen LogP contribution in [0, 0.1) is 6.57 Å². The van der Waals surface area contributed by atoms with E-state index in [1.54, 1.807) is 41.5 Å². The molecule has 0 aromatic heterocycles. The number of imide groups is 1. The molecule has 48 heavy (non-hydrogen) atoms. The average molecular weight is 667 g/mol. The Kier molecular flexibility index (Phi) is 11.5. The van der Waals surface area contributed by atoms with Crippen molar-refractivity contribution in [3.8, 4) is 0 Å². The van der Waals surface area contributed by atoms with Crippen LogP contribution >= 0.6 is 0 Å². The summed E-state index contributed by atoms with van der Waals surface area (Å²) < 4.78 is 21.6. The minimum atomic E-state index is -1.75. The minimum Gasteiger partial charge on any atom is -0.478 e. The van der Waals surface area contributed by atoms with Crippen LogP contribution < -0.4 is 10.2 Å². The van der Waals surface area contributed by atoms with Gasteiger partial charge < -0.3 is 34.3 Å². The molecular weight excluding hydrogens is 628 g/mol. The monoisotopic (exact) mass is 666 g/mol. The molecule has 0 saturated carbocycles. The first-order valence-electron chi connectivity index (χ1n) is 14.8. The number of aromatic carboxylic acids is 1. The number of anilines is 2. The van der Waals surface area contributed by atoms with Gasteiger partial charge in [-0.25, -0.2) is 24.1 Å². The van der Waals surface area contributed by atoms with Crippen LogP contribution in [0.4, 0.5) is 26.7 Å². The van der Waals surface area contributed by atoms with Crippen molar-refractivity contribution in [3.63, 3.8) is 0 Å². The number of ether oxygens (including phenoxy) is 4. The van der Waals surface area contributed by atoms with Crippen LogP contribution in [0.1, 0.15) is 64.4 Å². The topological polar surface area (TPSA) is 182 Å². The van der Waals surface area contributed by atoms with Gasteiger partial charge in [0.15, 0.2) is 11.8 Å². The molecule has 4 amide bonds. The van der Waals surface area contributed by atoms with E-state index >= 15 is 0 Å². The molecule has 0 aliphatic carbocycles. The lowest BCUT2D eigenvalue weighted by molar-refractivity contribution is -0.167. The van der Waals surface area contributed by atoms with Crippen LogP contribution in [0.2, 0.25) is 0 Å². The van der Waals surface area contributed by atoms with E-state index in [0.717, 1.165) is 6.92 Å². The molecule has 0 radical (unpaired) electrons. The Morgan fingerprint density at radius 3 is 2.10 bits per heavy atom. The van der Waals surface area contributed by atoms with Gasteiger partial charge >= 0.3 is 24.1 Å². The maximum atomic E-state index is 13.6. The Hall–Kier alpha value is -5.49. The first-order valence-corrected chi connectivity index (χ1v) is 14.8. The van der Waals surface area contributed by atoms with Crippen molar-refractivity contribution in [1.82, 2.24) is 4.90 Å². The van der Waals surface area contributed by atoms with Gasteiger partial charge in [0, 0.05) is 24.8 Å². The predicted octanol–water partition coefficient (Wildman–Crippen LogP) is 4.91. The molecule has 15 heteroatoms. The number of carbonyl (C=O) groups is 6. The lowest BCUT2D eigenvalue weighted by atomic mass is 10.1. The second-order valence-electron chi connectivity index (χ2n) is 12.7. The zero-order valence-corrected chi connectivity index (χ0v) is 27.7. The van der Waals surface area contributed by atoms with Crippen LogP contribution in [0.5, 0.6) is 0 Å². The van der Waals surface area contributed by atoms with Gasteiger partial charge in [-0.1, -0.05) is 6.07 Å². The number of amides is 4. The van der Waals surface area contributed by atoms with Crippen LogP contribution in [0.3, 0.4) is 0 Å². The smallest absolute Gasteiger partial charge is 0.420 e. The summed E-state index contributed by atoms with van der Waals surface area (Å²) in [5.74, 6) is -3.66. The second-order valence-corrected chi connectivity index (χ2v) is 12.7. The van der Waals surface area contributed by atoms with Gasteiger partial charge in [0.25, 0.3) is 11.8 Å². The zero-order chi connectivity index (χ0) is 36.0. The van der Waals surface area contributed by atoms with Crippen LogP contribution in [0.25, 0.3) is 4.85 Å². The highest BCUT2D eigenvalue weighted by Crippen LogP contribution is 2.28. The molecule has 0 unspecified atom stereocenters. The Labute approximate surface area is 277 Å². The summed E-state index contributed by atoms with van der Waals surface area (Å²) in [4.78, 5) is 81.9. The van der Waals surface area contributed by atoms with Gasteiger partial charge in [-0.2, -0.15) is 0 Å². The lowest BCUT2D eigenvalue weighted by Gasteiger charge is -2.35. The molecule has 1 heterocycles. The van der Waals surface area contributed by atoms with Gasteiger partial charge in [-0.3, -0.25) is 14.4 Å². The predicted molar refractivity (Wildman–Crippen MR) is 170 cm³/mol. The number of rotatable bonds is 8. The third-order valence-corrected chi connectivity index (χ3v) is 6.40. The molecule has 15 nitrogen and oxygen atoms in total. The Bertz CT molecular complexity index is 1590. The molecule has 2 atom stereocenters. The molecule has 2 aromatic rings. The number of benzene rings is 2. The van der Waals surface area contributed by atoms with E-state index < -0.39 is 65.9 Å². The fourth-order valence-corrected chi connectivity index (χ4v) is 4.42. The van der Waals surface area contributed by atoms with Gasteiger partial charge in [0.05, 0.1) is 25.3 Å². The number of hydrogen-bond acceptors (Lipinski definition) is 10. The van der Waals surface area contributed by atoms with Crippen molar-refractivity contribution >= 4 is 53.0 Å². The summed E-state index contributed by atoms with van der Waals surface area (Å²) >= 11 is 0. The van der Waals surface area contributed by atoms with E-state index in [4.69, 9.17) is 25.5 Å². The number of esters is 1. The standard InChI is InChI=1S/C33H38N4O11/c1-19(38)46-25(26-28(40)36(15-16-45-26)23-12-9-20(10-13-23)29(41)42)27(39)35-22-11-14-24(34-8)21(17-22)18-37(30(43)47-32(2,3)4)31(44)48-33(5,6)7/h9-14,17,25-26H,15-16,18H2,1-7H3,(H,35,39)(H,41,42)/t25-,26-/m1/s1. The molecule has 1 aliphatic heterocycles. The molecule has 2 N–H and O–H groups in total. The number of carboxylic acid groups (broad SMARTS) is 1.